The van der Waals surface area contributed by atoms with E-state index in [0.29, 0.717) is 0 Å². The first-order valence-corrected chi connectivity index (χ1v) is 21.7. The van der Waals surface area contributed by atoms with Gasteiger partial charge in [0.05, 0.1) is 27.6 Å². The fourth-order valence-corrected chi connectivity index (χ4v) is 10.1. The van der Waals surface area contributed by atoms with Gasteiger partial charge in [-0.25, -0.2) is 0 Å². The molecule has 0 saturated heterocycles. The van der Waals surface area contributed by atoms with Gasteiger partial charge in [0.2, 0.25) is 0 Å². The highest BCUT2D eigenvalue weighted by molar-refractivity contribution is 6.23. The molecule has 0 saturated carbocycles. The molecule has 0 bridgehead atoms. The first-order chi connectivity index (χ1) is 31.2. The van der Waals surface area contributed by atoms with Crippen molar-refractivity contribution in [1.29, 1.82) is 0 Å². The van der Waals surface area contributed by atoms with Crippen LogP contribution in [0.15, 0.2) is 237 Å². The summed E-state index contributed by atoms with van der Waals surface area (Å²) in [5.41, 5.74) is 17.8. The molecule has 0 aliphatic heterocycles. The van der Waals surface area contributed by atoms with Gasteiger partial charge >= 0.3 is 0 Å². The van der Waals surface area contributed by atoms with Gasteiger partial charge in [-0.2, -0.15) is 0 Å². The van der Waals surface area contributed by atoms with Crippen molar-refractivity contribution >= 4 is 77.0 Å². The molecule has 63 heavy (non-hydrogen) atoms. The van der Waals surface area contributed by atoms with E-state index in [4.69, 9.17) is 0 Å². The molecular weight excluding hydrogens is 763 g/mol. The highest BCUT2D eigenvalue weighted by Gasteiger charge is 2.19. The third-order valence-corrected chi connectivity index (χ3v) is 13.1. The summed E-state index contributed by atoms with van der Waals surface area (Å²) < 4.78 is 4.83. The van der Waals surface area contributed by atoms with E-state index in [2.05, 4.69) is 250 Å². The summed E-state index contributed by atoms with van der Waals surface area (Å²) in [6.45, 7) is 0. The Morgan fingerprint density at radius 1 is 0.254 bits per heavy atom. The maximum atomic E-state index is 2.46. The number of para-hydroxylation sites is 4. The maximum Gasteiger partial charge on any atom is 0.0620 e. The minimum Gasteiger partial charge on any atom is -0.311 e. The lowest BCUT2D eigenvalue weighted by atomic mass is 10.00. The SMILES string of the molecule is c1ccc(-c2ccc(-c3ccc(N(c4ccc(-c5ccc6c7cccc8c9ccccc9n(c6c5)c87)cc4)c4ccc(-n5c6ccccc6c6ccccc65)cc4)cc3)cc2)cc1. The molecule has 0 atom stereocenters. The smallest absolute Gasteiger partial charge is 0.0620 e. The number of anilines is 3. The molecule has 3 nitrogen and oxygen atoms in total. The van der Waals surface area contributed by atoms with Crippen LogP contribution in [0.3, 0.4) is 0 Å². The van der Waals surface area contributed by atoms with Crippen molar-refractivity contribution in [1.82, 2.24) is 8.97 Å². The predicted molar refractivity (Wildman–Crippen MR) is 266 cm³/mol. The van der Waals surface area contributed by atoms with Crippen LogP contribution in [0.2, 0.25) is 0 Å². The average molecular weight is 802 g/mol. The molecule has 3 aromatic heterocycles. The normalized spacial score (nSPS) is 11.8. The lowest BCUT2D eigenvalue weighted by Crippen LogP contribution is -2.10. The Hall–Kier alpha value is -8.40. The first-order valence-electron chi connectivity index (χ1n) is 21.7. The van der Waals surface area contributed by atoms with Crippen LogP contribution < -0.4 is 4.90 Å². The van der Waals surface area contributed by atoms with Crippen molar-refractivity contribution in [2.24, 2.45) is 0 Å². The third-order valence-electron chi connectivity index (χ3n) is 13.1. The zero-order valence-electron chi connectivity index (χ0n) is 34.4. The van der Waals surface area contributed by atoms with Gasteiger partial charge in [0.15, 0.2) is 0 Å². The van der Waals surface area contributed by atoms with Crippen LogP contribution in [-0.2, 0) is 0 Å². The van der Waals surface area contributed by atoms with Crippen LogP contribution in [0.4, 0.5) is 17.1 Å². The number of hydrogen-bond acceptors (Lipinski definition) is 1. The molecule has 13 rings (SSSR count). The van der Waals surface area contributed by atoms with Crippen LogP contribution >= 0.6 is 0 Å². The molecule has 3 heterocycles. The fourth-order valence-electron chi connectivity index (χ4n) is 10.1. The van der Waals surface area contributed by atoms with Crippen LogP contribution in [-0.4, -0.2) is 8.97 Å². The lowest BCUT2D eigenvalue weighted by molar-refractivity contribution is 1.17. The number of hydrogen-bond donors (Lipinski definition) is 0. The summed E-state index contributed by atoms with van der Waals surface area (Å²) in [6.07, 6.45) is 0. The molecule has 3 heteroatoms. The van der Waals surface area contributed by atoms with Crippen LogP contribution in [0.1, 0.15) is 0 Å². The van der Waals surface area contributed by atoms with Gasteiger partial charge in [0.25, 0.3) is 0 Å². The van der Waals surface area contributed by atoms with Crippen LogP contribution in [0.5, 0.6) is 0 Å². The van der Waals surface area contributed by atoms with E-state index in [1.54, 1.807) is 0 Å². The average Bonchev–Trinajstić information content (AvgIpc) is 4.00. The fraction of sp³-hybridized carbons (Fsp3) is 0. The second-order valence-corrected chi connectivity index (χ2v) is 16.5. The Balaban J connectivity index is 0.895. The van der Waals surface area contributed by atoms with E-state index in [9.17, 15) is 0 Å². The molecule has 0 aliphatic carbocycles. The number of fused-ring (bicyclic) bond motifs is 9. The lowest BCUT2D eigenvalue weighted by Gasteiger charge is -2.26. The monoisotopic (exact) mass is 801 g/mol. The Labute approximate surface area is 364 Å². The summed E-state index contributed by atoms with van der Waals surface area (Å²) in [6, 6.07) is 86.3. The minimum atomic E-state index is 1.09. The van der Waals surface area contributed by atoms with E-state index < -0.39 is 0 Å². The Morgan fingerprint density at radius 2 is 0.635 bits per heavy atom. The van der Waals surface area contributed by atoms with Crippen molar-refractivity contribution in [3.05, 3.63) is 237 Å². The molecule has 0 spiro atoms. The summed E-state index contributed by atoms with van der Waals surface area (Å²) in [5.74, 6) is 0. The van der Waals surface area contributed by atoms with Gasteiger partial charge in [-0.15, -0.1) is 0 Å². The third kappa shape index (κ3) is 5.60. The van der Waals surface area contributed by atoms with Gasteiger partial charge in [-0.3, -0.25) is 0 Å². The molecule has 0 radical (unpaired) electrons. The summed E-state index contributed by atoms with van der Waals surface area (Å²) >= 11 is 0. The van der Waals surface area contributed by atoms with Crippen LogP contribution in [0.25, 0.3) is 99.0 Å². The van der Waals surface area contributed by atoms with E-state index >= 15 is 0 Å². The number of aromatic nitrogens is 2. The molecule has 294 valence electrons. The van der Waals surface area contributed by atoms with E-state index in [-0.39, 0.29) is 0 Å². The van der Waals surface area contributed by atoms with E-state index in [1.165, 1.54) is 93.3 Å². The number of rotatable bonds is 7. The molecule has 13 aromatic rings. The quantitative estimate of drug-likeness (QED) is 0.156. The van der Waals surface area contributed by atoms with Crippen molar-refractivity contribution < 1.29 is 0 Å². The Morgan fingerprint density at radius 3 is 1.19 bits per heavy atom. The standard InChI is InChI=1S/C60H39N3/c1-2-11-40(12-3-1)41-21-23-42(24-22-41)43-25-30-46(31-26-43)61(48-34-36-49(37-35-48)62-56-18-7-4-13-50(56)51-14-5-8-19-57(51)62)47-32-27-44(28-33-47)45-29-38-53-55-17-10-16-54-52-15-6-9-20-58(52)63(60(54)55)59(53)39-45/h1-39H. The number of benzene rings is 10. The van der Waals surface area contributed by atoms with Crippen molar-refractivity contribution in [3.63, 3.8) is 0 Å². The Bertz CT molecular complexity index is 3750. The largest absolute Gasteiger partial charge is 0.311 e. The van der Waals surface area contributed by atoms with E-state index in [1.807, 2.05) is 0 Å². The zero-order chi connectivity index (χ0) is 41.4. The second kappa shape index (κ2) is 14.1. The molecule has 0 aliphatic rings. The van der Waals surface area contributed by atoms with Gasteiger partial charge in [0, 0.05) is 55.1 Å². The zero-order valence-corrected chi connectivity index (χ0v) is 34.4. The summed E-state index contributed by atoms with van der Waals surface area (Å²) in [5, 5.41) is 7.71. The summed E-state index contributed by atoms with van der Waals surface area (Å²) in [7, 11) is 0. The molecule has 10 aromatic carbocycles. The van der Waals surface area contributed by atoms with Gasteiger partial charge in [-0.1, -0.05) is 164 Å². The van der Waals surface area contributed by atoms with Crippen LogP contribution in [0, 0.1) is 0 Å². The van der Waals surface area contributed by atoms with E-state index in [0.717, 1.165) is 22.7 Å². The molecule has 0 N–H and O–H groups in total. The summed E-state index contributed by atoms with van der Waals surface area (Å²) in [4.78, 5) is 2.36. The number of nitrogens with zero attached hydrogens (tertiary/aromatic N) is 3. The first kappa shape index (κ1) is 35.4. The molecule has 0 fully saturated rings. The van der Waals surface area contributed by atoms with Crippen molar-refractivity contribution in [2.75, 3.05) is 4.90 Å². The molecule has 0 amide bonds. The Kier molecular flexibility index (Phi) is 7.91. The van der Waals surface area contributed by atoms with Crippen molar-refractivity contribution in [3.8, 4) is 39.1 Å². The maximum absolute atomic E-state index is 2.46. The predicted octanol–water partition coefficient (Wildman–Crippen LogP) is 16.4. The second-order valence-electron chi connectivity index (χ2n) is 16.5. The van der Waals surface area contributed by atoms with Gasteiger partial charge in [-0.05, 0) is 106 Å². The minimum absolute atomic E-state index is 1.09. The van der Waals surface area contributed by atoms with Gasteiger partial charge < -0.3 is 13.9 Å². The molecule has 0 unspecified atom stereocenters. The highest BCUT2D eigenvalue weighted by atomic mass is 15.1. The van der Waals surface area contributed by atoms with Gasteiger partial charge in [0.1, 0.15) is 0 Å². The molecular formula is C60H39N3. The van der Waals surface area contributed by atoms with Crippen molar-refractivity contribution in [2.45, 2.75) is 0 Å². The highest BCUT2D eigenvalue weighted by Crippen LogP contribution is 2.42. The topological polar surface area (TPSA) is 12.6 Å².